The van der Waals surface area contributed by atoms with E-state index in [1.807, 2.05) is 19.1 Å². The molecule has 88 valence electrons. The van der Waals surface area contributed by atoms with Gasteiger partial charge in [0.25, 0.3) is 0 Å². The molecule has 0 saturated carbocycles. The Hall–Kier alpha value is -0.870. The fraction of sp³-hybridized carbons (Fsp3) is 0.417. The van der Waals surface area contributed by atoms with Crippen molar-refractivity contribution >= 4 is 21.9 Å². The van der Waals surface area contributed by atoms with Gasteiger partial charge in [0.1, 0.15) is 0 Å². The number of aliphatic carboxylic acids is 1. The number of carboxylic acids is 1. The summed E-state index contributed by atoms with van der Waals surface area (Å²) in [6, 6.07) is 7.16. The summed E-state index contributed by atoms with van der Waals surface area (Å²) >= 11 is 3.30. The number of carboxylic acid groups (broad SMARTS) is 1. The molecule has 0 fully saturated rings. The van der Waals surface area contributed by atoms with Gasteiger partial charge in [-0.1, -0.05) is 35.0 Å². The van der Waals surface area contributed by atoms with E-state index in [2.05, 4.69) is 15.9 Å². The zero-order chi connectivity index (χ0) is 12.1. The van der Waals surface area contributed by atoms with Gasteiger partial charge in [-0.3, -0.25) is 4.79 Å². The van der Waals surface area contributed by atoms with Gasteiger partial charge in [-0.2, -0.15) is 0 Å². The molecule has 0 radical (unpaired) electrons. The molecule has 0 heterocycles. The van der Waals surface area contributed by atoms with E-state index < -0.39 is 18.0 Å². The Labute approximate surface area is 103 Å². The van der Waals surface area contributed by atoms with Crippen LogP contribution < -0.4 is 0 Å². The number of aliphatic hydroxyl groups excluding tert-OH is 1. The first-order chi connectivity index (χ1) is 7.54. The van der Waals surface area contributed by atoms with Crippen LogP contribution in [0.4, 0.5) is 0 Å². The first kappa shape index (κ1) is 13.2. The van der Waals surface area contributed by atoms with Crippen molar-refractivity contribution in [2.24, 2.45) is 0 Å². The molecular formula is C12H15BrO3. The van der Waals surface area contributed by atoms with Crippen LogP contribution in [0.25, 0.3) is 0 Å². The molecular weight excluding hydrogens is 272 g/mol. The number of benzene rings is 1. The van der Waals surface area contributed by atoms with E-state index in [-0.39, 0.29) is 6.42 Å². The topological polar surface area (TPSA) is 57.5 Å². The van der Waals surface area contributed by atoms with Crippen molar-refractivity contribution in [2.45, 2.75) is 31.8 Å². The van der Waals surface area contributed by atoms with Crippen molar-refractivity contribution in [1.82, 2.24) is 0 Å². The quantitative estimate of drug-likeness (QED) is 0.875. The molecule has 0 spiro atoms. The van der Waals surface area contributed by atoms with E-state index in [0.717, 1.165) is 10.0 Å². The maximum atomic E-state index is 11.1. The van der Waals surface area contributed by atoms with Crippen molar-refractivity contribution < 1.29 is 15.0 Å². The van der Waals surface area contributed by atoms with Gasteiger partial charge in [-0.25, -0.2) is 0 Å². The molecule has 0 aliphatic rings. The second-order valence-corrected chi connectivity index (χ2v) is 4.66. The van der Waals surface area contributed by atoms with Crippen LogP contribution in [0.1, 0.15) is 31.2 Å². The fourth-order valence-corrected chi connectivity index (χ4v) is 1.78. The highest BCUT2D eigenvalue weighted by atomic mass is 79.9. The lowest BCUT2D eigenvalue weighted by atomic mass is 9.92. The number of hydrogen-bond acceptors (Lipinski definition) is 2. The maximum Gasteiger partial charge on any atom is 0.311 e. The molecule has 0 amide bonds. The van der Waals surface area contributed by atoms with Gasteiger partial charge >= 0.3 is 5.97 Å². The standard InChI is InChI=1S/C12H15BrO3/c1-2-10(14)7-11(12(15)16)8-3-5-9(13)6-4-8/h3-6,10-11,14H,2,7H2,1H3,(H,15,16). The Bertz CT molecular complexity index is 348. The molecule has 0 aliphatic carbocycles. The van der Waals surface area contributed by atoms with Gasteiger partial charge < -0.3 is 10.2 Å². The summed E-state index contributed by atoms with van der Waals surface area (Å²) in [4.78, 5) is 11.1. The van der Waals surface area contributed by atoms with E-state index in [1.54, 1.807) is 12.1 Å². The third-order valence-corrected chi connectivity index (χ3v) is 3.08. The molecule has 0 aromatic heterocycles. The van der Waals surface area contributed by atoms with Crippen LogP contribution in [0.2, 0.25) is 0 Å². The van der Waals surface area contributed by atoms with E-state index >= 15 is 0 Å². The summed E-state index contributed by atoms with van der Waals surface area (Å²) in [7, 11) is 0. The number of hydrogen-bond donors (Lipinski definition) is 2. The van der Waals surface area contributed by atoms with Crippen LogP contribution in [-0.2, 0) is 4.79 Å². The minimum atomic E-state index is -0.894. The highest BCUT2D eigenvalue weighted by Crippen LogP contribution is 2.24. The van der Waals surface area contributed by atoms with Gasteiger partial charge in [0.05, 0.1) is 12.0 Å². The molecule has 2 atom stereocenters. The third kappa shape index (κ3) is 3.61. The van der Waals surface area contributed by atoms with Gasteiger partial charge in [0.2, 0.25) is 0 Å². The normalized spacial score (nSPS) is 14.4. The monoisotopic (exact) mass is 286 g/mol. The summed E-state index contributed by atoms with van der Waals surface area (Å²) in [5, 5.41) is 18.6. The predicted molar refractivity (Wildman–Crippen MR) is 65.4 cm³/mol. The number of halogens is 1. The molecule has 3 nitrogen and oxygen atoms in total. The minimum absolute atomic E-state index is 0.257. The van der Waals surface area contributed by atoms with Gasteiger partial charge in [-0.15, -0.1) is 0 Å². The molecule has 1 aromatic rings. The van der Waals surface area contributed by atoms with E-state index in [0.29, 0.717) is 6.42 Å². The predicted octanol–water partition coefficient (Wildman–Crippen LogP) is 2.78. The zero-order valence-corrected chi connectivity index (χ0v) is 10.6. The first-order valence-electron chi connectivity index (χ1n) is 5.21. The molecule has 0 saturated heterocycles. The van der Waals surface area contributed by atoms with E-state index in [1.165, 1.54) is 0 Å². The summed E-state index contributed by atoms with van der Waals surface area (Å²) in [6.45, 7) is 1.84. The van der Waals surface area contributed by atoms with E-state index in [9.17, 15) is 9.90 Å². The average molecular weight is 287 g/mol. The third-order valence-electron chi connectivity index (χ3n) is 2.55. The Morgan fingerprint density at radius 3 is 2.38 bits per heavy atom. The maximum absolute atomic E-state index is 11.1. The van der Waals surface area contributed by atoms with Crippen molar-refractivity contribution in [3.8, 4) is 0 Å². The van der Waals surface area contributed by atoms with Gasteiger partial charge in [0, 0.05) is 4.47 Å². The van der Waals surface area contributed by atoms with Crippen LogP contribution in [-0.4, -0.2) is 22.3 Å². The molecule has 4 heteroatoms. The number of aliphatic hydroxyl groups is 1. The van der Waals surface area contributed by atoms with Crippen LogP contribution in [0, 0.1) is 0 Å². The lowest BCUT2D eigenvalue weighted by molar-refractivity contribution is -0.139. The highest BCUT2D eigenvalue weighted by molar-refractivity contribution is 9.10. The molecule has 1 rings (SSSR count). The number of rotatable bonds is 5. The largest absolute Gasteiger partial charge is 0.481 e. The lowest BCUT2D eigenvalue weighted by Crippen LogP contribution is -2.18. The second kappa shape index (κ2) is 6.01. The minimum Gasteiger partial charge on any atom is -0.481 e. The Balaban J connectivity index is 2.85. The SMILES string of the molecule is CCC(O)CC(C(=O)O)c1ccc(Br)cc1. The van der Waals surface area contributed by atoms with Crippen LogP contribution in [0.15, 0.2) is 28.7 Å². The van der Waals surface area contributed by atoms with Crippen molar-refractivity contribution in [2.75, 3.05) is 0 Å². The molecule has 1 aromatic carbocycles. The van der Waals surface area contributed by atoms with Gasteiger partial charge in [0.15, 0.2) is 0 Å². The smallest absolute Gasteiger partial charge is 0.311 e. The van der Waals surface area contributed by atoms with Crippen LogP contribution in [0.3, 0.4) is 0 Å². The Kier molecular flexibility index (Phi) is 4.96. The Morgan fingerprint density at radius 1 is 1.38 bits per heavy atom. The summed E-state index contributed by atoms with van der Waals surface area (Å²) in [6.07, 6.45) is 0.262. The summed E-state index contributed by atoms with van der Waals surface area (Å²) < 4.78 is 0.913. The molecule has 16 heavy (non-hydrogen) atoms. The van der Waals surface area contributed by atoms with Crippen LogP contribution >= 0.6 is 15.9 Å². The van der Waals surface area contributed by atoms with E-state index in [4.69, 9.17) is 5.11 Å². The summed E-state index contributed by atoms with van der Waals surface area (Å²) in [5.74, 6) is -1.53. The lowest BCUT2D eigenvalue weighted by Gasteiger charge is -2.16. The highest BCUT2D eigenvalue weighted by Gasteiger charge is 2.22. The zero-order valence-electron chi connectivity index (χ0n) is 9.06. The molecule has 2 unspecified atom stereocenters. The molecule has 0 bridgehead atoms. The number of carbonyl (C=O) groups is 1. The first-order valence-corrected chi connectivity index (χ1v) is 6.00. The fourth-order valence-electron chi connectivity index (χ4n) is 1.51. The summed E-state index contributed by atoms with van der Waals surface area (Å²) in [5.41, 5.74) is 0.725. The molecule has 0 aliphatic heterocycles. The van der Waals surface area contributed by atoms with Crippen molar-refractivity contribution in [3.05, 3.63) is 34.3 Å². The average Bonchev–Trinajstić information content (AvgIpc) is 2.26. The second-order valence-electron chi connectivity index (χ2n) is 3.74. The van der Waals surface area contributed by atoms with Gasteiger partial charge in [-0.05, 0) is 30.5 Å². The molecule has 2 N–H and O–H groups in total. The Morgan fingerprint density at radius 2 is 1.94 bits per heavy atom. The van der Waals surface area contributed by atoms with Crippen LogP contribution in [0.5, 0.6) is 0 Å². The van der Waals surface area contributed by atoms with Crippen molar-refractivity contribution in [3.63, 3.8) is 0 Å². The van der Waals surface area contributed by atoms with Crippen molar-refractivity contribution in [1.29, 1.82) is 0 Å².